The quantitative estimate of drug-likeness (QED) is 0.909. The minimum absolute atomic E-state index is 0.0104. The number of morpholine rings is 1. The van der Waals surface area contributed by atoms with E-state index in [1.165, 1.54) is 5.56 Å². The molecule has 108 valence electrons. The van der Waals surface area contributed by atoms with Crippen molar-refractivity contribution in [1.82, 2.24) is 4.90 Å². The van der Waals surface area contributed by atoms with Crippen LogP contribution in [0.1, 0.15) is 24.8 Å². The van der Waals surface area contributed by atoms with E-state index in [4.69, 9.17) is 10.5 Å². The van der Waals surface area contributed by atoms with Crippen molar-refractivity contribution >= 4 is 5.91 Å². The molecule has 2 N–H and O–H groups in total. The molecule has 1 aliphatic heterocycles. The Labute approximate surface area is 119 Å². The molecule has 0 aromatic heterocycles. The second-order valence-corrected chi connectivity index (χ2v) is 5.85. The third-order valence-corrected chi connectivity index (χ3v) is 4.57. The number of primary amides is 1. The number of carbonyl (C=O) groups excluding carboxylic acids is 1. The van der Waals surface area contributed by atoms with Gasteiger partial charge in [0.25, 0.3) is 0 Å². The molecule has 1 aromatic carbocycles. The first-order valence-corrected chi connectivity index (χ1v) is 7.43. The molecule has 1 aliphatic carbocycles. The standard InChI is InChI=1S/C16H22N2O2/c17-16(19)13-6-7-15-14(10-13)18(8-9-20-15)11-12-4-2-1-3-5-12/h1-5,13-15H,6-11H2,(H2,17,19)/t13-,14+,15+/m0/s1. The molecule has 20 heavy (non-hydrogen) atoms. The number of hydrogen-bond acceptors (Lipinski definition) is 3. The van der Waals surface area contributed by atoms with Gasteiger partial charge in [-0.25, -0.2) is 0 Å². The third kappa shape index (κ3) is 2.86. The van der Waals surface area contributed by atoms with Crippen LogP contribution in [0.2, 0.25) is 0 Å². The minimum atomic E-state index is -0.159. The van der Waals surface area contributed by atoms with Gasteiger partial charge in [0.2, 0.25) is 5.91 Å². The number of nitrogens with zero attached hydrogens (tertiary/aromatic N) is 1. The summed E-state index contributed by atoms with van der Waals surface area (Å²) in [5.74, 6) is -0.148. The molecule has 1 heterocycles. The zero-order valence-corrected chi connectivity index (χ0v) is 11.7. The van der Waals surface area contributed by atoms with Crippen molar-refractivity contribution in [2.45, 2.75) is 38.0 Å². The minimum Gasteiger partial charge on any atom is -0.375 e. The SMILES string of the molecule is NC(=O)[C@H]1CC[C@H]2OCCN(Cc3ccccc3)[C@@H]2C1. The molecule has 0 radical (unpaired) electrons. The van der Waals surface area contributed by atoms with Crippen molar-refractivity contribution in [3.63, 3.8) is 0 Å². The Morgan fingerprint density at radius 3 is 2.85 bits per heavy atom. The van der Waals surface area contributed by atoms with Crippen molar-refractivity contribution in [3.8, 4) is 0 Å². The first-order valence-electron chi connectivity index (χ1n) is 7.43. The summed E-state index contributed by atoms with van der Waals surface area (Å²) in [6.45, 7) is 2.65. The van der Waals surface area contributed by atoms with Crippen LogP contribution in [0.4, 0.5) is 0 Å². The normalized spacial score (nSPS) is 30.7. The Balaban J connectivity index is 1.71. The Morgan fingerprint density at radius 2 is 2.10 bits per heavy atom. The number of carbonyl (C=O) groups is 1. The highest BCUT2D eigenvalue weighted by atomic mass is 16.5. The molecular weight excluding hydrogens is 252 g/mol. The van der Waals surface area contributed by atoms with E-state index in [-0.39, 0.29) is 17.9 Å². The first-order chi connectivity index (χ1) is 9.74. The monoisotopic (exact) mass is 274 g/mol. The summed E-state index contributed by atoms with van der Waals surface area (Å²) >= 11 is 0. The van der Waals surface area contributed by atoms with Crippen molar-refractivity contribution < 1.29 is 9.53 Å². The van der Waals surface area contributed by atoms with Crippen molar-refractivity contribution in [3.05, 3.63) is 35.9 Å². The van der Waals surface area contributed by atoms with Crippen LogP contribution in [-0.4, -0.2) is 36.1 Å². The Kier molecular flexibility index (Phi) is 4.03. The predicted octanol–water partition coefficient (Wildman–Crippen LogP) is 1.54. The van der Waals surface area contributed by atoms with Gasteiger partial charge < -0.3 is 10.5 Å². The van der Waals surface area contributed by atoms with E-state index in [0.717, 1.165) is 39.0 Å². The summed E-state index contributed by atoms with van der Waals surface area (Å²) in [4.78, 5) is 13.9. The number of hydrogen-bond donors (Lipinski definition) is 1. The molecular formula is C16H22N2O2. The molecule has 0 unspecified atom stereocenters. The molecule has 1 saturated heterocycles. The number of ether oxygens (including phenoxy) is 1. The van der Waals surface area contributed by atoms with E-state index in [1.807, 2.05) is 6.07 Å². The third-order valence-electron chi connectivity index (χ3n) is 4.57. The number of fused-ring (bicyclic) bond motifs is 1. The second kappa shape index (κ2) is 5.94. The van der Waals surface area contributed by atoms with E-state index in [2.05, 4.69) is 29.2 Å². The molecule has 0 bridgehead atoms. The van der Waals surface area contributed by atoms with E-state index < -0.39 is 0 Å². The molecule has 4 heteroatoms. The van der Waals surface area contributed by atoms with E-state index in [1.54, 1.807) is 0 Å². The van der Waals surface area contributed by atoms with Crippen LogP contribution < -0.4 is 5.73 Å². The van der Waals surface area contributed by atoms with Gasteiger partial charge in [-0.1, -0.05) is 30.3 Å². The molecule has 1 aromatic rings. The highest BCUT2D eigenvalue weighted by Crippen LogP contribution is 2.32. The molecule has 0 spiro atoms. The number of amides is 1. The zero-order valence-electron chi connectivity index (χ0n) is 11.7. The highest BCUT2D eigenvalue weighted by molar-refractivity contribution is 5.76. The summed E-state index contributed by atoms with van der Waals surface area (Å²) in [5, 5.41) is 0. The molecule has 3 rings (SSSR count). The maximum Gasteiger partial charge on any atom is 0.220 e. The van der Waals surface area contributed by atoms with Crippen molar-refractivity contribution in [2.75, 3.05) is 13.2 Å². The number of benzene rings is 1. The molecule has 3 atom stereocenters. The average Bonchev–Trinajstić information content (AvgIpc) is 2.48. The lowest BCUT2D eigenvalue weighted by molar-refractivity contribution is -0.131. The molecule has 2 fully saturated rings. The van der Waals surface area contributed by atoms with Gasteiger partial charge in [-0.05, 0) is 24.8 Å². The fourth-order valence-corrected chi connectivity index (χ4v) is 3.46. The predicted molar refractivity (Wildman–Crippen MR) is 76.9 cm³/mol. The number of nitrogens with two attached hydrogens (primary N) is 1. The summed E-state index contributed by atoms with van der Waals surface area (Å²) in [6, 6.07) is 10.8. The fraction of sp³-hybridized carbons (Fsp3) is 0.562. The first kappa shape index (κ1) is 13.6. The lowest BCUT2D eigenvalue weighted by Gasteiger charge is -2.45. The van der Waals surface area contributed by atoms with Gasteiger partial charge in [-0.2, -0.15) is 0 Å². The van der Waals surface area contributed by atoms with Crippen LogP contribution in [0, 0.1) is 5.92 Å². The number of rotatable bonds is 3. The van der Waals surface area contributed by atoms with Gasteiger partial charge >= 0.3 is 0 Å². The van der Waals surface area contributed by atoms with E-state index >= 15 is 0 Å². The van der Waals surface area contributed by atoms with Gasteiger partial charge in [0, 0.05) is 25.0 Å². The Morgan fingerprint density at radius 1 is 1.30 bits per heavy atom. The zero-order chi connectivity index (χ0) is 13.9. The van der Waals surface area contributed by atoms with Gasteiger partial charge in [0.15, 0.2) is 0 Å². The lowest BCUT2D eigenvalue weighted by atomic mass is 9.81. The maximum absolute atomic E-state index is 11.5. The van der Waals surface area contributed by atoms with Crippen molar-refractivity contribution in [2.24, 2.45) is 11.7 Å². The second-order valence-electron chi connectivity index (χ2n) is 5.85. The van der Waals surface area contributed by atoms with E-state index in [0.29, 0.717) is 6.04 Å². The van der Waals surface area contributed by atoms with Crippen LogP contribution in [0.15, 0.2) is 30.3 Å². The smallest absolute Gasteiger partial charge is 0.220 e. The molecule has 1 saturated carbocycles. The van der Waals surface area contributed by atoms with Crippen LogP contribution in [-0.2, 0) is 16.1 Å². The topological polar surface area (TPSA) is 55.6 Å². The van der Waals surface area contributed by atoms with Gasteiger partial charge in [-0.15, -0.1) is 0 Å². The molecule has 1 amide bonds. The summed E-state index contributed by atoms with van der Waals surface area (Å²) in [5.41, 5.74) is 6.80. The lowest BCUT2D eigenvalue weighted by Crippen LogP contribution is -2.54. The highest BCUT2D eigenvalue weighted by Gasteiger charge is 2.39. The van der Waals surface area contributed by atoms with Crippen LogP contribution in [0.3, 0.4) is 0 Å². The Bertz CT molecular complexity index is 463. The summed E-state index contributed by atoms with van der Waals surface area (Å²) in [7, 11) is 0. The van der Waals surface area contributed by atoms with Crippen LogP contribution in [0.5, 0.6) is 0 Å². The van der Waals surface area contributed by atoms with Gasteiger partial charge in [0.1, 0.15) is 0 Å². The van der Waals surface area contributed by atoms with Gasteiger partial charge in [0.05, 0.1) is 12.7 Å². The molecule has 2 aliphatic rings. The maximum atomic E-state index is 11.5. The summed E-state index contributed by atoms with van der Waals surface area (Å²) in [6.07, 6.45) is 2.93. The average molecular weight is 274 g/mol. The largest absolute Gasteiger partial charge is 0.375 e. The van der Waals surface area contributed by atoms with E-state index in [9.17, 15) is 4.79 Å². The van der Waals surface area contributed by atoms with Crippen LogP contribution in [0.25, 0.3) is 0 Å². The van der Waals surface area contributed by atoms with Gasteiger partial charge in [-0.3, -0.25) is 9.69 Å². The summed E-state index contributed by atoms with van der Waals surface area (Å²) < 4.78 is 5.88. The van der Waals surface area contributed by atoms with Crippen LogP contribution >= 0.6 is 0 Å². The Hall–Kier alpha value is -1.39. The van der Waals surface area contributed by atoms with Crippen molar-refractivity contribution in [1.29, 1.82) is 0 Å². The molecule has 4 nitrogen and oxygen atoms in total. The fourth-order valence-electron chi connectivity index (χ4n) is 3.46.